The Morgan fingerprint density at radius 3 is 3.00 bits per heavy atom. The molecule has 2 N–H and O–H groups in total. The largest absolute Gasteiger partial charge is 0.490 e. The van der Waals surface area contributed by atoms with Crippen LogP contribution < -0.4 is 10.5 Å². The summed E-state index contributed by atoms with van der Waals surface area (Å²) >= 11 is 0. The molecule has 2 fully saturated rings. The third kappa shape index (κ3) is 1.87. The lowest BCUT2D eigenvalue weighted by Crippen LogP contribution is -2.51. The molecule has 0 amide bonds. The van der Waals surface area contributed by atoms with E-state index >= 15 is 0 Å². The van der Waals surface area contributed by atoms with Crippen molar-refractivity contribution in [3.63, 3.8) is 0 Å². The van der Waals surface area contributed by atoms with Crippen LogP contribution in [0.25, 0.3) is 0 Å². The third-order valence-electron chi connectivity index (χ3n) is 4.92. The maximum absolute atomic E-state index is 6.58. The van der Waals surface area contributed by atoms with Crippen LogP contribution in [0.4, 0.5) is 0 Å². The van der Waals surface area contributed by atoms with Gasteiger partial charge in [0.15, 0.2) is 0 Å². The van der Waals surface area contributed by atoms with E-state index in [1.807, 2.05) is 0 Å². The molecule has 1 aromatic carbocycles. The van der Waals surface area contributed by atoms with Gasteiger partial charge in [-0.1, -0.05) is 17.7 Å². The van der Waals surface area contributed by atoms with Crippen molar-refractivity contribution in [2.75, 3.05) is 0 Å². The van der Waals surface area contributed by atoms with Crippen LogP contribution in [0.3, 0.4) is 0 Å². The second-order valence-corrected chi connectivity index (χ2v) is 6.52. The molecule has 3 aliphatic heterocycles. The van der Waals surface area contributed by atoms with Crippen molar-refractivity contribution >= 4 is 0 Å². The first-order valence-corrected chi connectivity index (χ1v) is 7.33. The zero-order valence-corrected chi connectivity index (χ0v) is 11.4. The fourth-order valence-corrected chi connectivity index (χ4v) is 4.04. The van der Waals surface area contributed by atoms with Gasteiger partial charge in [0.05, 0.1) is 12.2 Å². The van der Waals surface area contributed by atoms with Gasteiger partial charge in [0.2, 0.25) is 0 Å². The first-order valence-electron chi connectivity index (χ1n) is 7.33. The first kappa shape index (κ1) is 11.7. The summed E-state index contributed by atoms with van der Waals surface area (Å²) in [5, 5.41) is 0. The third-order valence-corrected chi connectivity index (χ3v) is 4.92. The summed E-state index contributed by atoms with van der Waals surface area (Å²) in [6.45, 7) is 2.13. The second kappa shape index (κ2) is 3.97. The van der Waals surface area contributed by atoms with Gasteiger partial charge in [-0.2, -0.15) is 0 Å². The molecule has 102 valence electrons. The molecule has 1 aromatic rings. The van der Waals surface area contributed by atoms with E-state index in [9.17, 15) is 0 Å². The Labute approximate surface area is 114 Å². The van der Waals surface area contributed by atoms with Crippen LogP contribution in [0.1, 0.15) is 36.8 Å². The van der Waals surface area contributed by atoms with E-state index in [1.54, 1.807) is 0 Å². The molecule has 4 unspecified atom stereocenters. The van der Waals surface area contributed by atoms with Crippen LogP contribution in [0.15, 0.2) is 18.2 Å². The average molecular weight is 259 g/mol. The fraction of sp³-hybridized carbons (Fsp3) is 0.625. The van der Waals surface area contributed by atoms with Gasteiger partial charge in [0.1, 0.15) is 11.9 Å². The summed E-state index contributed by atoms with van der Waals surface area (Å²) in [6, 6.07) is 6.43. The van der Waals surface area contributed by atoms with Crippen LogP contribution in [0, 0.1) is 6.92 Å². The minimum absolute atomic E-state index is 0.162. The highest BCUT2D eigenvalue weighted by atomic mass is 16.5. The molecular weight excluding hydrogens is 238 g/mol. The second-order valence-electron chi connectivity index (χ2n) is 6.52. The standard InChI is InChI=1S/C16H21NO2/c1-10-2-4-14-11(6-10)7-13(18-14)9-16(17)8-12-3-5-15(16)19-12/h2,4,6,12-13,15H,3,5,7-9,17H2,1H3. The van der Waals surface area contributed by atoms with Gasteiger partial charge >= 0.3 is 0 Å². The molecule has 2 bridgehead atoms. The molecular formula is C16H21NO2. The lowest BCUT2D eigenvalue weighted by molar-refractivity contribution is 0.0721. The first-order chi connectivity index (χ1) is 9.12. The van der Waals surface area contributed by atoms with Crippen molar-refractivity contribution in [2.24, 2.45) is 5.73 Å². The highest BCUT2D eigenvalue weighted by molar-refractivity contribution is 5.40. The Bertz CT molecular complexity index is 515. The van der Waals surface area contributed by atoms with Gasteiger partial charge < -0.3 is 15.2 Å². The molecule has 4 rings (SSSR count). The Morgan fingerprint density at radius 2 is 2.26 bits per heavy atom. The zero-order valence-electron chi connectivity index (χ0n) is 11.4. The number of rotatable bonds is 2. The molecule has 3 nitrogen and oxygen atoms in total. The Balaban J connectivity index is 1.49. The molecule has 3 aliphatic rings. The monoisotopic (exact) mass is 259 g/mol. The Kier molecular flexibility index (Phi) is 2.45. The average Bonchev–Trinajstić information content (AvgIpc) is 3.01. The summed E-state index contributed by atoms with van der Waals surface area (Å²) in [7, 11) is 0. The van der Waals surface area contributed by atoms with E-state index in [0.717, 1.165) is 31.4 Å². The number of hydrogen-bond acceptors (Lipinski definition) is 3. The molecule has 4 atom stereocenters. The quantitative estimate of drug-likeness (QED) is 0.886. The van der Waals surface area contributed by atoms with Gasteiger partial charge in [-0.05, 0) is 37.8 Å². The maximum Gasteiger partial charge on any atom is 0.123 e. The van der Waals surface area contributed by atoms with Crippen LogP contribution >= 0.6 is 0 Å². The minimum Gasteiger partial charge on any atom is -0.490 e. The SMILES string of the molecule is Cc1ccc2c(c1)CC(CC1(N)CC3CCC1O3)O2. The number of ether oxygens (including phenoxy) is 2. The van der Waals surface area contributed by atoms with Gasteiger partial charge in [-0.25, -0.2) is 0 Å². The summed E-state index contributed by atoms with van der Waals surface area (Å²) < 4.78 is 12.0. The number of hydrogen-bond donors (Lipinski definition) is 1. The summed E-state index contributed by atoms with van der Waals surface area (Å²) in [5.41, 5.74) is 9.05. The lowest BCUT2D eigenvalue weighted by Gasteiger charge is -2.33. The van der Waals surface area contributed by atoms with Crippen molar-refractivity contribution < 1.29 is 9.47 Å². The molecule has 19 heavy (non-hydrogen) atoms. The Morgan fingerprint density at radius 1 is 1.37 bits per heavy atom. The summed E-state index contributed by atoms with van der Waals surface area (Å²) in [6.07, 6.45) is 6.12. The molecule has 0 spiro atoms. The summed E-state index contributed by atoms with van der Waals surface area (Å²) in [5.74, 6) is 1.04. The van der Waals surface area contributed by atoms with Gasteiger partial charge in [0.25, 0.3) is 0 Å². The van der Waals surface area contributed by atoms with Crippen LogP contribution in [-0.2, 0) is 11.2 Å². The molecule has 0 aliphatic carbocycles. The predicted octanol–water partition coefficient (Wildman–Crippen LogP) is 2.34. The fourth-order valence-electron chi connectivity index (χ4n) is 4.04. The number of fused-ring (bicyclic) bond motifs is 3. The molecule has 0 aromatic heterocycles. The van der Waals surface area contributed by atoms with E-state index < -0.39 is 0 Å². The van der Waals surface area contributed by atoms with E-state index in [0.29, 0.717) is 6.10 Å². The maximum atomic E-state index is 6.58. The number of benzene rings is 1. The van der Waals surface area contributed by atoms with E-state index in [1.165, 1.54) is 17.5 Å². The normalized spacial score (nSPS) is 39.4. The Hall–Kier alpha value is -1.06. The van der Waals surface area contributed by atoms with Crippen LogP contribution in [-0.4, -0.2) is 23.9 Å². The predicted molar refractivity (Wildman–Crippen MR) is 73.3 cm³/mol. The highest BCUT2D eigenvalue weighted by Gasteiger charge is 2.51. The van der Waals surface area contributed by atoms with E-state index in [-0.39, 0.29) is 17.7 Å². The number of nitrogens with two attached hydrogens (primary N) is 1. The van der Waals surface area contributed by atoms with Crippen molar-refractivity contribution in [1.29, 1.82) is 0 Å². The van der Waals surface area contributed by atoms with Crippen molar-refractivity contribution in [3.8, 4) is 5.75 Å². The smallest absolute Gasteiger partial charge is 0.123 e. The molecule has 3 heteroatoms. The number of aryl methyl sites for hydroxylation is 1. The van der Waals surface area contributed by atoms with Gasteiger partial charge in [0, 0.05) is 18.4 Å². The van der Waals surface area contributed by atoms with E-state index in [4.69, 9.17) is 15.2 Å². The summed E-state index contributed by atoms with van der Waals surface area (Å²) in [4.78, 5) is 0. The molecule has 0 saturated carbocycles. The molecule has 3 heterocycles. The lowest BCUT2D eigenvalue weighted by atomic mass is 9.78. The minimum atomic E-state index is -0.162. The van der Waals surface area contributed by atoms with E-state index in [2.05, 4.69) is 25.1 Å². The van der Waals surface area contributed by atoms with Gasteiger partial charge in [-0.15, -0.1) is 0 Å². The van der Waals surface area contributed by atoms with Crippen molar-refractivity contribution in [3.05, 3.63) is 29.3 Å². The zero-order chi connectivity index (χ0) is 13.0. The van der Waals surface area contributed by atoms with Crippen LogP contribution in [0.5, 0.6) is 5.75 Å². The highest BCUT2D eigenvalue weighted by Crippen LogP contribution is 2.44. The molecule has 0 radical (unpaired) electrons. The topological polar surface area (TPSA) is 44.5 Å². The molecule has 2 saturated heterocycles. The van der Waals surface area contributed by atoms with Crippen molar-refractivity contribution in [1.82, 2.24) is 0 Å². The van der Waals surface area contributed by atoms with Crippen molar-refractivity contribution in [2.45, 2.75) is 62.9 Å². The van der Waals surface area contributed by atoms with Gasteiger partial charge in [-0.3, -0.25) is 0 Å². The van der Waals surface area contributed by atoms with Crippen LogP contribution in [0.2, 0.25) is 0 Å².